The Morgan fingerprint density at radius 2 is 1.60 bits per heavy atom. The molecule has 0 amide bonds. The molecule has 0 fully saturated rings. The number of thiophene rings is 1. The Morgan fingerprint density at radius 1 is 0.867 bits per heavy atom. The van der Waals surface area contributed by atoms with Crippen LogP contribution in [0.5, 0.6) is 0 Å². The second kappa shape index (κ2) is 7.90. The highest BCUT2D eigenvalue weighted by Gasteiger charge is 2.13. The summed E-state index contributed by atoms with van der Waals surface area (Å²) in [5.41, 5.74) is 5.14. The van der Waals surface area contributed by atoms with Crippen LogP contribution < -0.4 is 5.56 Å². The standard InChI is InChI=1S/C25H17ClN2OS/c26-20-8-4-5-16(13-20)14-22-27-24(29)23-21(15-30-25(23)28-22)19-11-9-18(10-12-19)17-6-2-1-3-7-17/h1-13,15H,14H2,(H,27,28,29). The van der Waals surface area contributed by atoms with Gasteiger partial charge in [-0.1, -0.05) is 78.3 Å². The molecule has 1 N–H and O–H groups in total. The minimum atomic E-state index is -0.111. The second-order valence-electron chi connectivity index (χ2n) is 7.09. The molecule has 0 unspecified atom stereocenters. The predicted molar refractivity (Wildman–Crippen MR) is 125 cm³/mol. The lowest BCUT2D eigenvalue weighted by molar-refractivity contribution is 0.977. The summed E-state index contributed by atoms with van der Waals surface area (Å²) in [7, 11) is 0. The van der Waals surface area contributed by atoms with Crippen molar-refractivity contribution in [2.75, 3.05) is 0 Å². The van der Waals surface area contributed by atoms with Gasteiger partial charge >= 0.3 is 0 Å². The first-order chi connectivity index (χ1) is 14.7. The van der Waals surface area contributed by atoms with Gasteiger partial charge in [0.05, 0.1) is 5.39 Å². The van der Waals surface area contributed by atoms with Gasteiger partial charge in [0.15, 0.2) is 0 Å². The molecule has 2 aromatic heterocycles. The molecular formula is C25H17ClN2OS. The van der Waals surface area contributed by atoms with Gasteiger partial charge < -0.3 is 4.98 Å². The summed E-state index contributed by atoms with van der Waals surface area (Å²) in [5.74, 6) is 0.641. The van der Waals surface area contributed by atoms with E-state index in [0.29, 0.717) is 22.7 Å². The van der Waals surface area contributed by atoms with Crippen molar-refractivity contribution in [1.82, 2.24) is 9.97 Å². The highest BCUT2D eigenvalue weighted by atomic mass is 35.5. The molecule has 0 saturated heterocycles. The lowest BCUT2D eigenvalue weighted by Crippen LogP contribution is -2.11. The summed E-state index contributed by atoms with van der Waals surface area (Å²) in [5, 5.41) is 3.32. The molecule has 0 atom stereocenters. The minimum Gasteiger partial charge on any atom is -0.310 e. The molecule has 0 saturated carbocycles. The third-order valence-corrected chi connectivity index (χ3v) is 6.16. The fourth-order valence-corrected chi connectivity index (χ4v) is 4.78. The smallest absolute Gasteiger partial charge is 0.260 e. The summed E-state index contributed by atoms with van der Waals surface area (Å²) >= 11 is 7.56. The number of hydrogen-bond acceptors (Lipinski definition) is 3. The van der Waals surface area contributed by atoms with Crippen LogP contribution in [0, 0.1) is 0 Å². The zero-order valence-electron chi connectivity index (χ0n) is 15.9. The van der Waals surface area contributed by atoms with Crippen molar-refractivity contribution in [2.45, 2.75) is 6.42 Å². The maximum atomic E-state index is 12.9. The van der Waals surface area contributed by atoms with Crippen LogP contribution in [0.4, 0.5) is 0 Å². The lowest BCUT2D eigenvalue weighted by Gasteiger charge is -2.05. The van der Waals surface area contributed by atoms with Crippen LogP contribution in [0.3, 0.4) is 0 Å². The molecule has 30 heavy (non-hydrogen) atoms. The van der Waals surface area contributed by atoms with Crippen molar-refractivity contribution in [2.24, 2.45) is 0 Å². The molecule has 0 aliphatic carbocycles. The van der Waals surface area contributed by atoms with Crippen LogP contribution in [0.15, 0.2) is 89.0 Å². The SMILES string of the molecule is O=c1[nH]c(Cc2cccc(Cl)c2)nc2scc(-c3ccc(-c4ccccc4)cc3)c12. The molecule has 5 rings (SSSR count). The molecule has 0 spiro atoms. The summed E-state index contributed by atoms with van der Waals surface area (Å²) in [6, 6.07) is 26.1. The number of rotatable bonds is 4. The van der Waals surface area contributed by atoms with Crippen molar-refractivity contribution in [3.63, 3.8) is 0 Å². The van der Waals surface area contributed by atoms with Crippen LogP contribution in [0.2, 0.25) is 5.02 Å². The Hall–Kier alpha value is -3.21. The molecule has 146 valence electrons. The fourth-order valence-electron chi connectivity index (χ4n) is 3.60. The second-order valence-corrected chi connectivity index (χ2v) is 8.39. The van der Waals surface area contributed by atoms with Gasteiger partial charge in [-0.05, 0) is 34.4 Å². The summed E-state index contributed by atoms with van der Waals surface area (Å²) < 4.78 is 0. The molecule has 0 aliphatic rings. The van der Waals surface area contributed by atoms with E-state index >= 15 is 0 Å². The molecule has 0 radical (unpaired) electrons. The third-order valence-electron chi connectivity index (χ3n) is 5.06. The van der Waals surface area contributed by atoms with Gasteiger partial charge in [-0.2, -0.15) is 0 Å². The third kappa shape index (κ3) is 3.67. The van der Waals surface area contributed by atoms with E-state index in [9.17, 15) is 4.79 Å². The molecule has 5 aromatic rings. The lowest BCUT2D eigenvalue weighted by atomic mass is 10.0. The maximum Gasteiger partial charge on any atom is 0.260 e. The molecule has 5 heteroatoms. The first-order valence-corrected chi connectivity index (χ1v) is 10.8. The fraction of sp³-hybridized carbons (Fsp3) is 0.0400. The van der Waals surface area contributed by atoms with Gasteiger partial charge in [0, 0.05) is 22.4 Å². The van der Waals surface area contributed by atoms with Crippen molar-refractivity contribution < 1.29 is 0 Å². The summed E-state index contributed by atoms with van der Waals surface area (Å²) in [4.78, 5) is 21.3. The highest BCUT2D eigenvalue weighted by Crippen LogP contribution is 2.32. The molecule has 3 aromatic carbocycles. The van der Waals surface area contributed by atoms with Gasteiger partial charge in [-0.3, -0.25) is 4.79 Å². The Balaban J connectivity index is 1.50. The maximum absolute atomic E-state index is 12.9. The average Bonchev–Trinajstić information content (AvgIpc) is 3.19. The zero-order chi connectivity index (χ0) is 20.5. The van der Waals surface area contributed by atoms with Gasteiger partial charge in [-0.25, -0.2) is 4.98 Å². The monoisotopic (exact) mass is 428 g/mol. The van der Waals surface area contributed by atoms with Crippen molar-refractivity contribution in [3.8, 4) is 22.3 Å². The van der Waals surface area contributed by atoms with Gasteiger partial charge in [0.25, 0.3) is 5.56 Å². The average molecular weight is 429 g/mol. The molecule has 0 aliphatic heterocycles. The Morgan fingerprint density at radius 3 is 2.37 bits per heavy atom. The van der Waals surface area contributed by atoms with Gasteiger partial charge in [0.1, 0.15) is 10.7 Å². The number of benzene rings is 3. The Labute approximate surface area is 182 Å². The Kier molecular flexibility index (Phi) is 4.95. The largest absolute Gasteiger partial charge is 0.310 e. The van der Waals surface area contributed by atoms with Crippen LogP contribution in [0.1, 0.15) is 11.4 Å². The van der Waals surface area contributed by atoms with Crippen LogP contribution in [0.25, 0.3) is 32.5 Å². The molecule has 2 heterocycles. The van der Waals surface area contributed by atoms with Gasteiger partial charge in [-0.15, -0.1) is 11.3 Å². The predicted octanol–water partition coefficient (Wildman–Crippen LogP) is 6.56. The number of nitrogens with zero attached hydrogens (tertiary/aromatic N) is 1. The van der Waals surface area contributed by atoms with E-state index in [2.05, 4.69) is 41.4 Å². The Bertz CT molecular complexity index is 1390. The van der Waals surface area contributed by atoms with Gasteiger partial charge in [0.2, 0.25) is 0 Å². The molecule has 0 bridgehead atoms. The molecule has 3 nitrogen and oxygen atoms in total. The van der Waals surface area contributed by atoms with Crippen LogP contribution in [-0.2, 0) is 6.42 Å². The summed E-state index contributed by atoms with van der Waals surface area (Å²) in [6.45, 7) is 0. The van der Waals surface area contributed by atoms with E-state index in [1.165, 1.54) is 16.9 Å². The number of fused-ring (bicyclic) bond motifs is 1. The van der Waals surface area contributed by atoms with E-state index in [1.54, 1.807) is 0 Å². The first-order valence-electron chi connectivity index (χ1n) is 9.58. The number of hydrogen-bond donors (Lipinski definition) is 1. The topological polar surface area (TPSA) is 45.8 Å². The quantitative estimate of drug-likeness (QED) is 0.352. The van der Waals surface area contributed by atoms with E-state index in [1.807, 2.05) is 47.8 Å². The zero-order valence-corrected chi connectivity index (χ0v) is 17.5. The normalized spacial score (nSPS) is 11.1. The van der Waals surface area contributed by atoms with E-state index in [0.717, 1.165) is 27.1 Å². The van der Waals surface area contributed by atoms with Crippen LogP contribution in [-0.4, -0.2) is 9.97 Å². The van der Waals surface area contributed by atoms with E-state index in [-0.39, 0.29) is 5.56 Å². The number of halogens is 1. The summed E-state index contributed by atoms with van der Waals surface area (Å²) in [6.07, 6.45) is 0.532. The van der Waals surface area contributed by atoms with Crippen molar-refractivity contribution in [1.29, 1.82) is 0 Å². The highest BCUT2D eigenvalue weighted by molar-refractivity contribution is 7.17. The van der Waals surface area contributed by atoms with Crippen molar-refractivity contribution >= 4 is 33.2 Å². The minimum absolute atomic E-state index is 0.111. The first kappa shape index (κ1) is 18.8. The van der Waals surface area contributed by atoms with E-state index < -0.39 is 0 Å². The number of nitrogens with one attached hydrogen (secondary N) is 1. The van der Waals surface area contributed by atoms with Crippen LogP contribution >= 0.6 is 22.9 Å². The molecular weight excluding hydrogens is 412 g/mol. The number of aromatic amines is 1. The number of H-pyrrole nitrogens is 1. The number of aromatic nitrogens is 2. The van der Waals surface area contributed by atoms with Crippen molar-refractivity contribution in [3.05, 3.63) is 111 Å². The van der Waals surface area contributed by atoms with E-state index in [4.69, 9.17) is 16.6 Å².